The number of rotatable bonds is 4. The monoisotopic (exact) mass is 280 g/mol. The van der Waals surface area contributed by atoms with Gasteiger partial charge in [-0.2, -0.15) is 0 Å². The van der Waals surface area contributed by atoms with E-state index < -0.39 is 17.2 Å². The van der Waals surface area contributed by atoms with E-state index in [1.54, 1.807) is 0 Å². The summed E-state index contributed by atoms with van der Waals surface area (Å²) in [7, 11) is 0. The summed E-state index contributed by atoms with van der Waals surface area (Å²) < 4.78 is 0. The third-order valence-corrected chi connectivity index (χ3v) is 3.79. The fourth-order valence-electron chi connectivity index (χ4n) is 2.74. The van der Waals surface area contributed by atoms with Gasteiger partial charge in [-0.1, -0.05) is 19.3 Å². The second kappa shape index (κ2) is 6.51. The summed E-state index contributed by atoms with van der Waals surface area (Å²) in [6, 6.07) is 0.955. The third-order valence-electron chi connectivity index (χ3n) is 3.79. The highest BCUT2D eigenvalue weighted by Crippen LogP contribution is 2.26. The lowest BCUT2D eigenvalue weighted by molar-refractivity contribution is 0.0910. The van der Waals surface area contributed by atoms with Crippen LogP contribution in [0.15, 0.2) is 15.7 Å². The minimum atomic E-state index is -0.690. The molecular weight excluding hydrogens is 260 g/mol. The molecule has 110 valence electrons. The molecule has 5 N–H and O–H groups in total. The van der Waals surface area contributed by atoms with Crippen LogP contribution in [0.2, 0.25) is 0 Å². The average Bonchev–Trinajstić information content (AvgIpc) is 2.44. The molecule has 1 atom stereocenters. The first-order chi connectivity index (χ1) is 9.60. The van der Waals surface area contributed by atoms with Crippen LogP contribution in [0.4, 0.5) is 0 Å². The Kier molecular flexibility index (Phi) is 4.73. The van der Waals surface area contributed by atoms with Crippen molar-refractivity contribution in [3.8, 4) is 0 Å². The molecule has 0 bridgehead atoms. The lowest BCUT2D eigenvalue weighted by Crippen LogP contribution is -2.46. The molecule has 1 aliphatic rings. The van der Waals surface area contributed by atoms with E-state index in [4.69, 9.17) is 5.73 Å². The highest BCUT2D eigenvalue weighted by molar-refractivity contribution is 5.92. The number of aromatic nitrogens is 2. The molecule has 7 nitrogen and oxygen atoms in total. The molecule has 0 saturated heterocycles. The molecule has 1 amide bonds. The van der Waals surface area contributed by atoms with Gasteiger partial charge in [0.2, 0.25) is 0 Å². The summed E-state index contributed by atoms with van der Waals surface area (Å²) in [6.45, 7) is 0.351. The maximum absolute atomic E-state index is 12.1. The second-order valence-corrected chi connectivity index (χ2v) is 5.22. The van der Waals surface area contributed by atoms with Crippen molar-refractivity contribution < 1.29 is 4.79 Å². The predicted octanol–water partition coefficient (Wildman–Crippen LogP) is -0.299. The SMILES string of the molecule is NCC(NC(=O)c1cc(=O)[nH]c(=O)[nH]1)C1CCCCC1. The molecular formula is C13H20N4O3. The average molecular weight is 280 g/mol. The molecule has 0 aliphatic heterocycles. The van der Waals surface area contributed by atoms with Gasteiger partial charge in [0.1, 0.15) is 5.69 Å². The van der Waals surface area contributed by atoms with Gasteiger partial charge in [0.15, 0.2) is 0 Å². The molecule has 0 spiro atoms. The van der Waals surface area contributed by atoms with Crippen molar-refractivity contribution in [2.75, 3.05) is 6.54 Å². The fourth-order valence-corrected chi connectivity index (χ4v) is 2.74. The van der Waals surface area contributed by atoms with Crippen LogP contribution in [0.25, 0.3) is 0 Å². The van der Waals surface area contributed by atoms with Crippen molar-refractivity contribution in [3.63, 3.8) is 0 Å². The Labute approximate surface area is 116 Å². The molecule has 20 heavy (non-hydrogen) atoms. The summed E-state index contributed by atoms with van der Waals surface area (Å²) in [5.74, 6) is -0.0966. The zero-order valence-electron chi connectivity index (χ0n) is 11.3. The zero-order chi connectivity index (χ0) is 14.5. The first kappa shape index (κ1) is 14.5. The smallest absolute Gasteiger partial charge is 0.326 e. The van der Waals surface area contributed by atoms with E-state index in [-0.39, 0.29) is 11.7 Å². The van der Waals surface area contributed by atoms with Crippen LogP contribution in [-0.4, -0.2) is 28.5 Å². The minimum Gasteiger partial charge on any atom is -0.346 e. The zero-order valence-corrected chi connectivity index (χ0v) is 11.3. The Bertz CT molecular complexity index is 543. The van der Waals surface area contributed by atoms with Crippen molar-refractivity contribution in [2.24, 2.45) is 11.7 Å². The maximum Gasteiger partial charge on any atom is 0.326 e. The highest BCUT2D eigenvalue weighted by atomic mass is 16.2. The summed E-state index contributed by atoms with van der Waals surface area (Å²) in [5.41, 5.74) is 4.41. The summed E-state index contributed by atoms with van der Waals surface area (Å²) in [5, 5.41) is 2.82. The van der Waals surface area contributed by atoms with E-state index in [0.717, 1.165) is 31.7 Å². The van der Waals surface area contributed by atoms with Crippen LogP contribution < -0.4 is 22.3 Å². The predicted molar refractivity (Wildman–Crippen MR) is 74.6 cm³/mol. The van der Waals surface area contributed by atoms with E-state index >= 15 is 0 Å². The number of carbonyl (C=O) groups is 1. The van der Waals surface area contributed by atoms with E-state index in [9.17, 15) is 14.4 Å². The van der Waals surface area contributed by atoms with Gasteiger partial charge in [-0.3, -0.25) is 14.6 Å². The molecule has 1 heterocycles. The molecule has 1 aromatic heterocycles. The molecule has 0 radical (unpaired) electrons. The lowest BCUT2D eigenvalue weighted by Gasteiger charge is -2.29. The van der Waals surface area contributed by atoms with Gasteiger partial charge in [0.05, 0.1) is 0 Å². The Morgan fingerprint density at radius 2 is 2.00 bits per heavy atom. The van der Waals surface area contributed by atoms with E-state index in [0.29, 0.717) is 12.5 Å². The number of nitrogens with one attached hydrogen (secondary N) is 3. The largest absolute Gasteiger partial charge is 0.346 e. The number of nitrogens with two attached hydrogens (primary N) is 1. The maximum atomic E-state index is 12.1. The van der Waals surface area contributed by atoms with Gasteiger partial charge in [-0.15, -0.1) is 0 Å². The first-order valence-corrected chi connectivity index (χ1v) is 6.94. The van der Waals surface area contributed by atoms with Crippen LogP contribution in [0, 0.1) is 5.92 Å². The van der Waals surface area contributed by atoms with Crippen molar-refractivity contribution in [1.82, 2.24) is 15.3 Å². The van der Waals surface area contributed by atoms with Gasteiger partial charge in [0, 0.05) is 18.7 Å². The number of carbonyl (C=O) groups excluding carboxylic acids is 1. The third kappa shape index (κ3) is 3.57. The molecule has 7 heteroatoms. The fraction of sp³-hybridized carbons (Fsp3) is 0.615. The lowest BCUT2D eigenvalue weighted by atomic mass is 9.84. The number of hydrogen-bond acceptors (Lipinski definition) is 4. The standard InChI is InChI=1S/C13H20N4O3/c14-7-10(8-4-2-1-3-5-8)15-12(19)9-6-11(18)17-13(20)16-9/h6,8,10H,1-5,7,14H2,(H,15,19)(H2,16,17,18,20). The van der Waals surface area contributed by atoms with E-state index in [1.165, 1.54) is 6.42 Å². The number of amides is 1. The highest BCUT2D eigenvalue weighted by Gasteiger charge is 2.24. The summed E-state index contributed by atoms with van der Waals surface area (Å²) in [6.07, 6.45) is 5.63. The molecule has 1 fully saturated rings. The normalized spacial score (nSPS) is 17.6. The topological polar surface area (TPSA) is 121 Å². The van der Waals surface area contributed by atoms with Crippen LogP contribution >= 0.6 is 0 Å². The Balaban J connectivity index is 2.08. The molecule has 1 unspecified atom stereocenters. The Morgan fingerprint density at radius 3 is 2.60 bits per heavy atom. The van der Waals surface area contributed by atoms with Crippen molar-refractivity contribution in [3.05, 3.63) is 32.6 Å². The first-order valence-electron chi connectivity index (χ1n) is 6.94. The van der Waals surface area contributed by atoms with Gasteiger partial charge >= 0.3 is 5.69 Å². The second-order valence-electron chi connectivity index (χ2n) is 5.22. The molecule has 1 aromatic rings. The van der Waals surface area contributed by atoms with Gasteiger partial charge in [0.25, 0.3) is 11.5 Å². The summed E-state index contributed by atoms with van der Waals surface area (Å²) >= 11 is 0. The Hall–Kier alpha value is -1.89. The number of hydrogen-bond donors (Lipinski definition) is 4. The quantitative estimate of drug-likeness (QED) is 0.605. The number of aromatic amines is 2. The van der Waals surface area contributed by atoms with Gasteiger partial charge in [-0.25, -0.2) is 4.79 Å². The molecule has 1 saturated carbocycles. The van der Waals surface area contributed by atoms with Gasteiger partial charge < -0.3 is 16.0 Å². The van der Waals surface area contributed by atoms with E-state index in [2.05, 4.69) is 10.3 Å². The van der Waals surface area contributed by atoms with Crippen molar-refractivity contribution in [2.45, 2.75) is 38.1 Å². The van der Waals surface area contributed by atoms with E-state index in [1.807, 2.05) is 4.98 Å². The molecule has 0 aromatic carbocycles. The van der Waals surface area contributed by atoms with Crippen molar-refractivity contribution >= 4 is 5.91 Å². The van der Waals surface area contributed by atoms with Crippen LogP contribution in [0.1, 0.15) is 42.6 Å². The van der Waals surface area contributed by atoms with Gasteiger partial charge in [-0.05, 0) is 18.8 Å². The van der Waals surface area contributed by atoms with Crippen LogP contribution in [0.3, 0.4) is 0 Å². The minimum absolute atomic E-state index is 0.0343. The number of H-pyrrole nitrogens is 2. The Morgan fingerprint density at radius 1 is 1.30 bits per heavy atom. The van der Waals surface area contributed by atoms with Crippen molar-refractivity contribution in [1.29, 1.82) is 0 Å². The molecule has 1 aliphatic carbocycles. The molecule has 2 rings (SSSR count). The van der Waals surface area contributed by atoms with Crippen LogP contribution in [0.5, 0.6) is 0 Å². The van der Waals surface area contributed by atoms with Crippen LogP contribution in [-0.2, 0) is 0 Å². The summed E-state index contributed by atoms with van der Waals surface area (Å²) in [4.78, 5) is 38.8.